The third-order valence-electron chi connectivity index (χ3n) is 5.35. The molecule has 0 aromatic heterocycles. The van der Waals surface area contributed by atoms with Crippen molar-refractivity contribution in [2.75, 3.05) is 0 Å². The van der Waals surface area contributed by atoms with Gasteiger partial charge >= 0.3 is 0 Å². The molecule has 0 spiro atoms. The molecule has 3 aromatic rings. The van der Waals surface area contributed by atoms with E-state index in [-0.39, 0.29) is 0 Å². The summed E-state index contributed by atoms with van der Waals surface area (Å²) in [5.41, 5.74) is 0.316. The zero-order valence-electron chi connectivity index (χ0n) is 15.3. The number of aliphatic hydroxyl groups excluding tert-OH is 4. The summed E-state index contributed by atoms with van der Waals surface area (Å²) in [7, 11) is 0. The van der Waals surface area contributed by atoms with Gasteiger partial charge in [0.05, 0.1) is 11.8 Å². The van der Waals surface area contributed by atoms with E-state index in [0.717, 1.165) is 10.8 Å². The summed E-state index contributed by atoms with van der Waals surface area (Å²) >= 11 is 0. The first kappa shape index (κ1) is 21.6. The largest absolute Gasteiger partial charge is 0.368 e. The molecule has 8 heteroatoms. The fourth-order valence-electron chi connectivity index (χ4n) is 4.10. The third-order valence-corrected chi connectivity index (χ3v) is 5.35. The van der Waals surface area contributed by atoms with Crippen molar-refractivity contribution >= 4 is 21.5 Å². The molecular formula is C21H24O8. The Labute approximate surface area is 166 Å². The molecule has 0 fully saturated rings. The van der Waals surface area contributed by atoms with Gasteiger partial charge in [-0.05, 0) is 33.2 Å². The molecule has 8 N–H and O–H groups in total. The molecule has 0 aliphatic carbocycles. The minimum absolute atomic E-state index is 0.316. The quantitative estimate of drug-likeness (QED) is 0.194. The molecule has 0 bridgehead atoms. The molecule has 0 heterocycles. The topological polar surface area (TPSA) is 162 Å². The van der Waals surface area contributed by atoms with Crippen molar-refractivity contribution < 1.29 is 40.9 Å². The molecule has 0 amide bonds. The van der Waals surface area contributed by atoms with Crippen LogP contribution in [0.4, 0.5) is 0 Å². The summed E-state index contributed by atoms with van der Waals surface area (Å²) < 4.78 is 0. The van der Waals surface area contributed by atoms with Crippen molar-refractivity contribution in [2.45, 2.75) is 31.1 Å². The zero-order chi connectivity index (χ0) is 21.3. The smallest absolute Gasteiger partial charge is 0.159 e. The molecule has 0 aliphatic rings. The SMILES string of the molecule is OC(O)C(C(O)O)C(c1c2ccccc2cc2ccccc12)C(C(O)O)C(O)O. The van der Waals surface area contributed by atoms with Crippen LogP contribution in [0.25, 0.3) is 21.5 Å². The summed E-state index contributed by atoms with van der Waals surface area (Å²) in [5.74, 6) is -4.98. The van der Waals surface area contributed by atoms with Gasteiger partial charge in [0, 0.05) is 5.92 Å². The Kier molecular flexibility index (Phi) is 6.47. The average Bonchev–Trinajstić information content (AvgIpc) is 2.64. The molecule has 3 rings (SSSR count). The predicted octanol–water partition coefficient (Wildman–Crippen LogP) is -0.448. The van der Waals surface area contributed by atoms with Crippen molar-refractivity contribution in [3.8, 4) is 0 Å². The van der Waals surface area contributed by atoms with Crippen molar-refractivity contribution in [3.63, 3.8) is 0 Å². The highest BCUT2D eigenvalue weighted by Gasteiger charge is 2.45. The molecule has 0 saturated carbocycles. The van der Waals surface area contributed by atoms with Gasteiger partial charge < -0.3 is 40.9 Å². The minimum atomic E-state index is -2.29. The summed E-state index contributed by atoms with van der Waals surface area (Å²) in [6.45, 7) is 0. The van der Waals surface area contributed by atoms with Gasteiger partial charge in [-0.15, -0.1) is 0 Å². The summed E-state index contributed by atoms with van der Waals surface area (Å²) in [4.78, 5) is 0. The van der Waals surface area contributed by atoms with E-state index in [1.807, 2.05) is 6.07 Å². The maximum absolute atomic E-state index is 9.88. The van der Waals surface area contributed by atoms with Crippen LogP contribution in [0.1, 0.15) is 11.5 Å². The Morgan fingerprint density at radius 2 is 0.828 bits per heavy atom. The number of fused-ring (bicyclic) bond motifs is 2. The van der Waals surface area contributed by atoms with Crippen molar-refractivity contribution in [1.82, 2.24) is 0 Å². The number of hydrogen-bond donors (Lipinski definition) is 8. The van der Waals surface area contributed by atoms with Crippen molar-refractivity contribution in [1.29, 1.82) is 0 Å². The van der Waals surface area contributed by atoms with Crippen LogP contribution in [0.3, 0.4) is 0 Å². The average molecular weight is 404 g/mol. The monoisotopic (exact) mass is 404 g/mol. The number of rotatable bonds is 7. The highest BCUT2D eigenvalue weighted by atomic mass is 16.5. The second kappa shape index (κ2) is 8.70. The summed E-state index contributed by atoms with van der Waals surface area (Å²) in [6, 6.07) is 15.9. The van der Waals surface area contributed by atoms with E-state index >= 15 is 0 Å². The molecular weight excluding hydrogens is 380 g/mol. The highest BCUT2D eigenvalue weighted by Crippen LogP contribution is 2.44. The first-order valence-corrected chi connectivity index (χ1v) is 9.09. The van der Waals surface area contributed by atoms with Crippen LogP contribution in [0, 0.1) is 11.8 Å². The Morgan fingerprint density at radius 1 is 0.483 bits per heavy atom. The first-order chi connectivity index (χ1) is 13.7. The van der Waals surface area contributed by atoms with Crippen LogP contribution >= 0.6 is 0 Å². The van der Waals surface area contributed by atoms with Crippen molar-refractivity contribution in [2.24, 2.45) is 11.8 Å². The lowest BCUT2D eigenvalue weighted by atomic mass is 9.72. The Morgan fingerprint density at radius 3 is 1.17 bits per heavy atom. The van der Waals surface area contributed by atoms with Gasteiger partial charge in [0.15, 0.2) is 25.2 Å². The van der Waals surface area contributed by atoms with Gasteiger partial charge in [-0.25, -0.2) is 0 Å². The number of benzene rings is 3. The van der Waals surface area contributed by atoms with Crippen LogP contribution < -0.4 is 0 Å². The Bertz CT molecular complexity index is 879. The van der Waals surface area contributed by atoms with Crippen LogP contribution in [-0.2, 0) is 0 Å². The molecule has 3 aromatic carbocycles. The van der Waals surface area contributed by atoms with E-state index in [0.29, 0.717) is 16.3 Å². The van der Waals surface area contributed by atoms with Crippen LogP contribution in [0.5, 0.6) is 0 Å². The second-order valence-electron chi connectivity index (χ2n) is 7.07. The lowest BCUT2D eigenvalue weighted by Gasteiger charge is -2.38. The van der Waals surface area contributed by atoms with Crippen molar-refractivity contribution in [3.05, 3.63) is 60.2 Å². The second-order valence-corrected chi connectivity index (χ2v) is 7.07. The standard InChI is InChI=1S/C21H24O8/c22-18(23)16(19(24)25)15(17(20(26)27)21(28)29)14-12-7-3-1-5-10(12)9-11-6-2-4-8-13(11)14/h1-9,15-29H. The Balaban J connectivity index is 2.45. The molecule has 8 nitrogen and oxygen atoms in total. The number of hydrogen-bond acceptors (Lipinski definition) is 8. The Hall–Kier alpha value is -2.14. The first-order valence-electron chi connectivity index (χ1n) is 9.09. The molecule has 0 atom stereocenters. The zero-order valence-corrected chi connectivity index (χ0v) is 15.3. The fraction of sp³-hybridized carbons (Fsp3) is 0.333. The van der Waals surface area contributed by atoms with Crippen LogP contribution in [0.15, 0.2) is 54.6 Å². The normalized spacial score (nSPS) is 12.9. The molecule has 156 valence electrons. The van der Waals surface area contributed by atoms with E-state index < -0.39 is 42.9 Å². The number of aliphatic hydroxyl groups is 8. The van der Waals surface area contributed by atoms with Gasteiger partial charge in [0.25, 0.3) is 0 Å². The summed E-state index contributed by atoms with van der Waals surface area (Å²) in [6.07, 6.45) is -9.18. The fourth-order valence-corrected chi connectivity index (χ4v) is 4.10. The van der Waals surface area contributed by atoms with Gasteiger partial charge in [0.1, 0.15) is 0 Å². The van der Waals surface area contributed by atoms with Gasteiger partial charge in [-0.2, -0.15) is 0 Å². The molecule has 0 saturated heterocycles. The van der Waals surface area contributed by atoms with Crippen LogP contribution in [-0.4, -0.2) is 66.0 Å². The van der Waals surface area contributed by atoms with E-state index in [1.165, 1.54) is 0 Å². The van der Waals surface area contributed by atoms with Gasteiger partial charge in [-0.1, -0.05) is 48.5 Å². The van der Waals surface area contributed by atoms with E-state index in [2.05, 4.69) is 0 Å². The molecule has 0 aliphatic heterocycles. The van der Waals surface area contributed by atoms with E-state index in [9.17, 15) is 40.9 Å². The molecule has 0 radical (unpaired) electrons. The maximum atomic E-state index is 9.88. The van der Waals surface area contributed by atoms with E-state index in [4.69, 9.17) is 0 Å². The van der Waals surface area contributed by atoms with Crippen LogP contribution in [0.2, 0.25) is 0 Å². The molecule has 0 unspecified atom stereocenters. The molecule has 29 heavy (non-hydrogen) atoms. The third kappa shape index (κ3) is 4.11. The van der Waals surface area contributed by atoms with E-state index in [1.54, 1.807) is 48.5 Å². The maximum Gasteiger partial charge on any atom is 0.159 e. The predicted molar refractivity (Wildman–Crippen MR) is 104 cm³/mol. The minimum Gasteiger partial charge on any atom is -0.368 e. The highest BCUT2D eigenvalue weighted by molar-refractivity contribution is 6.02. The van der Waals surface area contributed by atoms with Gasteiger partial charge in [0.2, 0.25) is 0 Å². The van der Waals surface area contributed by atoms with Gasteiger partial charge in [-0.3, -0.25) is 0 Å². The lowest BCUT2D eigenvalue weighted by Crippen LogP contribution is -2.46. The summed E-state index contributed by atoms with van der Waals surface area (Å²) in [5, 5.41) is 81.6. The lowest BCUT2D eigenvalue weighted by molar-refractivity contribution is -0.229.